The molecule has 11 heteroatoms. The average molecular weight is 637 g/mol. The maximum absolute atomic E-state index is 14.2. The highest BCUT2D eigenvalue weighted by Gasteiger charge is 2.56. The van der Waals surface area contributed by atoms with Gasteiger partial charge in [-0.15, -0.1) is 0 Å². The van der Waals surface area contributed by atoms with Crippen LogP contribution in [0, 0.1) is 17.7 Å². The first-order valence-corrected chi connectivity index (χ1v) is 15.7. The number of hydrogen-bond acceptors (Lipinski definition) is 5. The molecule has 3 aliphatic heterocycles. The third-order valence-electron chi connectivity index (χ3n) is 10.2. The fraction of sp³-hybridized carbons (Fsp3) is 0.576. The Labute approximate surface area is 259 Å². The van der Waals surface area contributed by atoms with Crippen molar-refractivity contribution >= 4 is 23.5 Å². The minimum Gasteiger partial charge on any atom is -0.465 e. The Hall–Kier alpha value is -2.69. The predicted octanol–water partition coefficient (Wildman–Crippen LogP) is 6.62. The summed E-state index contributed by atoms with van der Waals surface area (Å²) in [6.45, 7) is 4.67. The number of amides is 1. The molecule has 0 unspecified atom stereocenters. The molecule has 0 N–H and O–H groups in total. The largest absolute Gasteiger partial charge is 0.465 e. The van der Waals surface area contributed by atoms with Gasteiger partial charge < -0.3 is 14.4 Å². The molecule has 0 bridgehead atoms. The number of fused-ring (bicyclic) bond motifs is 1. The fourth-order valence-electron chi connectivity index (χ4n) is 7.58. The first-order chi connectivity index (χ1) is 20.9. The third-order valence-corrected chi connectivity index (χ3v) is 10.5. The molecule has 0 radical (unpaired) electrons. The molecular weight excluding hydrogens is 600 g/mol. The van der Waals surface area contributed by atoms with Crippen molar-refractivity contribution in [1.29, 1.82) is 0 Å². The maximum Gasteiger partial charge on any atom is 0.416 e. The van der Waals surface area contributed by atoms with Crippen LogP contribution in [-0.2, 0) is 33.4 Å². The molecule has 4 aliphatic rings. The van der Waals surface area contributed by atoms with E-state index in [0.717, 1.165) is 56.5 Å². The second-order valence-corrected chi connectivity index (χ2v) is 13.2. The van der Waals surface area contributed by atoms with Crippen molar-refractivity contribution in [2.75, 3.05) is 33.4 Å². The van der Waals surface area contributed by atoms with Crippen molar-refractivity contribution in [3.05, 3.63) is 69.0 Å². The number of nitrogens with zero attached hydrogens (tertiary/aromatic N) is 2. The lowest BCUT2D eigenvalue weighted by molar-refractivity contribution is -0.177. The molecule has 1 saturated carbocycles. The van der Waals surface area contributed by atoms with Gasteiger partial charge in [0.2, 0.25) is 0 Å². The van der Waals surface area contributed by atoms with Crippen molar-refractivity contribution in [2.24, 2.45) is 11.8 Å². The molecule has 0 spiro atoms. The predicted molar refractivity (Wildman–Crippen MR) is 156 cm³/mol. The van der Waals surface area contributed by atoms with Gasteiger partial charge in [-0.1, -0.05) is 24.6 Å². The molecule has 6 nitrogen and oxygen atoms in total. The highest BCUT2D eigenvalue weighted by atomic mass is 35.5. The van der Waals surface area contributed by atoms with E-state index in [1.54, 1.807) is 17.0 Å². The van der Waals surface area contributed by atoms with Gasteiger partial charge >= 0.3 is 12.1 Å². The van der Waals surface area contributed by atoms with Crippen LogP contribution < -0.4 is 0 Å². The van der Waals surface area contributed by atoms with Crippen molar-refractivity contribution in [3.63, 3.8) is 0 Å². The Kier molecular flexibility index (Phi) is 8.47. The Morgan fingerprint density at radius 1 is 1.09 bits per heavy atom. The number of likely N-dealkylation sites (tertiary alicyclic amines) is 1. The first-order valence-electron chi connectivity index (χ1n) is 15.3. The van der Waals surface area contributed by atoms with Gasteiger partial charge in [-0.05, 0) is 104 Å². The zero-order valence-electron chi connectivity index (χ0n) is 24.9. The Balaban J connectivity index is 1.11. The van der Waals surface area contributed by atoms with E-state index in [4.69, 9.17) is 21.1 Å². The topological polar surface area (TPSA) is 59.1 Å². The van der Waals surface area contributed by atoms with Crippen molar-refractivity contribution in [1.82, 2.24) is 9.80 Å². The molecule has 3 fully saturated rings. The van der Waals surface area contributed by atoms with Crippen LogP contribution in [-0.4, -0.2) is 66.7 Å². The zero-order valence-corrected chi connectivity index (χ0v) is 25.6. The van der Waals surface area contributed by atoms with Crippen LogP contribution in [0.5, 0.6) is 0 Å². The summed E-state index contributed by atoms with van der Waals surface area (Å²) in [6, 6.07) is 6.91. The van der Waals surface area contributed by atoms with Crippen LogP contribution in [0.4, 0.5) is 17.6 Å². The number of alkyl halides is 3. The number of benzene rings is 2. The monoisotopic (exact) mass is 636 g/mol. The molecule has 238 valence electrons. The SMILES string of the molecule is COC(=O)c1cc([C@H]2CCN([C@@H]3CC[C@@](C(=O)N4CCc5c(Cl)cc(C(F)(F)F)cc5C4)(C4CC4)OC3)C[C@@H]2C)ccc1F. The molecule has 6 rings (SSSR count). The number of carbonyl (C=O) groups excluding carboxylic acids is 2. The molecule has 44 heavy (non-hydrogen) atoms. The van der Waals surface area contributed by atoms with Crippen LogP contribution in [0.25, 0.3) is 0 Å². The number of rotatable bonds is 5. The third kappa shape index (κ3) is 5.85. The lowest BCUT2D eigenvalue weighted by Gasteiger charge is -2.48. The van der Waals surface area contributed by atoms with E-state index in [0.29, 0.717) is 37.1 Å². The number of piperidine rings is 1. The normalized spacial score (nSPS) is 28.0. The number of methoxy groups -OCH3 is 1. The van der Waals surface area contributed by atoms with E-state index in [9.17, 15) is 27.2 Å². The van der Waals surface area contributed by atoms with Gasteiger partial charge in [-0.3, -0.25) is 9.69 Å². The summed E-state index contributed by atoms with van der Waals surface area (Å²) in [5.41, 5.74) is 0.244. The van der Waals surface area contributed by atoms with Gasteiger partial charge in [0.25, 0.3) is 5.91 Å². The summed E-state index contributed by atoms with van der Waals surface area (Å²) in [5.74, 6) is -0.871. The van der Waals surface area contributed by atoms with Crippen LogP contribution >= 0.6 is 11.6 Å². The Bertz CT molecular complexity index is 1440. The van der Waals surface area contributed by atoms with E-state index in [1.165, 1.54) is 13.2 Å². The second kappa shape index (κ2) is 11.9. The molecule has 3 heterocycles. The molecule has 2 aromatic carbocycles. The molecule has 0 aromatic heterocycles. The molecule has 4 atom stereocenters. The van der Waals surface area contributed by atoms with Gasteiger partial charge in [0.15, 0.2) is 0 Å². The molecule has 1 aliphatic carbocycles. The Morgan fingerprint density at radius 2 is 1.86 bits per heavy atom. The summed E-state index contributed by atoms with van der Waals surface area (Å²) < 4.78 is 65.9. The lowest BCUT2D eigenvalue weighted by Crippen LogP contribution is -2.59. The summed E-state index contributed by atoms with van der Waals surface area (Å²) in [5, 5.41) is 0.0944. The summed E-state index contributed by atoms with van der Waals surface area (Å²) in [4.78, 5) is 30.2. The standard InChI is InChI=1S/C33H37ClF4N2O4/c1-19-16-39(11-8-25(19)20-3-6-29(35)27(14-20)30(41)43-2)24-7-10-32(44-18-24,22-4-5-22)31(42)40-12-9-26-21(17-40)13-23(15-28(26)34)33(36,37)38/h3,6,13-15,19,22,24-25H,4-5,7-12,16-18H2,1-2H3/t19-,24+,25-,32-/m0/s1. The first kappa shape index (κ1) is 31.3. The van der Waals surface area contributed by atoms with E-state index >= 15 is 0 Å². The molecule has 2 aromatic rings. The Morgan fingerprint density at radius 3 is 2.50 bits per heavy atom. The quantitative estimate of drug-likeness (QED) is 0.273. The highest BCUT2D eigenvalue weighted by Crippen LogP contribution is 2.49. The molecule has 1 amide bonds. The van der Waals surface area contributed by atoms with Crippen molar-refractivity contribution < 1.29 is 36.6 Å². The average Bonchev–Trinajstić information content (AvgIpc) is 3.86. The summed E-state index contributed by atoms with van der Waals surface area (Å²) >= 11 is 6.23. The molecular formula is C33H37ClF4N2O4. The number of hydrogen-bond donors (Lipinski definition) is 0. The van der Waals surface area contributed by atoms with Gasteiger partial charge in [-0.2, -0.15) is 13.2 Å². The van der Waals surface area contributed by atoms with Gasteiger partial charge in [0.1, 0.15) is 11.4 Å². The number of carbonyl (C=O) groups is 2. The second-order valence-electron chi connectivity index (χ2n) is 12.8. The summed E-state index contributed by atoms with van der Waals surface area (Å²) in [6.07, 6.45) is -0.106. The number of halogens is 5. The minimum atomic E-state index is -4.52. The summed E-state index contributed by atoms with van der Waals surface area (Å²) in [7, 11) is 1.24. The van der Waals surface area contributed by atoms with Crippen molar-refractivity contribution in [3.8, 4) is 0 Å². The molecule has 2 saturated heterocycles. The minimum absolute atomic E-state index is 0.0533. The van der Waals surface area contributed by atoms with Crippen LogP contribution in [0.15, 0.2) is 30.3 Å². The maximum atomic E-state index is 14.2. The van der Waals surface area contributed by atoms with Crippen LogP contribution in [0.1, 0.15) is 77.6 Å². The van der Waals surface area contributed by atoms with E-state index in [-0.39, 0.29) is 46.8 Å². The van der Waals surface area contributed by atoms with Crippen LogP contribution in [0.3, 0.4) is 0 Å². The smallest absolute Gasteiger partial charge is 0.416 e. The van der Waals surface area contributed by atoms with Crippen LogP contribution in [0.2, 0.25) is 5.02 Å². The van der Waals surface area contributed by atoms with Gasteiger partial charge in [-0.25, -0.2) is 9.18 Å². The highest BCUT2D eigenvalue weighted by molar-refractivity contribution is 6.31. The van der Waals surface area contributed by atoms with E-state index < -0.39 is 29.1 Å². The van der Waals surface area contributed by atoms with Gasteiger partial charge in [0, 0.05) is 30.7 Å². The number of esters is 1. The lowest BCUT2D eigenvalue weighted by atomic mass is 9.79. The zero-order chi connectivity index (χ0) is 31.4. The van der Waals surface area contributed by atoms with E-state index in [1.807, 2.05) is 0 Å². The van der Waals surface area contributed by atoms with Crippen molar-refractivity contribution in [2.45, 2.75) is 75.7 Å². The van der Waals surface area contributed by atoms with E-state index in [2.05, 4.69) is 11.8 Å². The van der Waals surface area contributed by atoms with Gasteiger partial charge in [0.05, 0.1) is 24.8 Å². The fourth-order valence-corrected chi connectivity index (χ4v) is 7.91. The number of ether oxygens (including phenoxy) is 2.